The second kappa shape index (κ2) is 4.58. The lowest BCUT2D eigenvalue weighted by atomic mass is 9.95. The summed E-state index contributed by atoms with van der Waals surface area (Å²) in [7, 11) is 0. The molecule has 0 fully saturated rings. The van der Waals surface area contributed by atoms with E-state index in [9.17, 15) is 5.11 Å². The molecule has 0 amide bonds. The highest BCUT2D eigenvalue weighted by Gasteiger charge is 2.17. The largest absolute Gasteiger partial charge is 0.396 e. The van der Waals surface area contributed by atoms with Gasteiger partial charge >= 0.3 is 0 Å². The number of aromatic nitrogens is 2. The van der Waals surface area contributed by atoms with Crippen LogP contribution in [0.2, 0.25) is 0 Å². The Balaban J connectivity index is 2.25. The Hall–Kier alpha value is -1.20. The van der Waals surface area contributed by atoms with Gasteiger partial charge in [0.15, 0.2) is 0 Å². The van der Waals surface area contributed by atoms with Crippen LogP contribution in [0.5, 0.6) is 0 Å². The highest BCUT2D eigenvalue weighted by Crippen LogP contribution is 2.29. The van der Waals surface area contributed by atoms with E-state index < -0.39 is 0 Å². The number of hydrogen-bond donors (Lipinski definition) is 2. The van der Waals surface area contributed by atoms with Crippen LogP contribution in [0.25, 0.3) is 10.2 Å². The fourth-order valence-corrected chi connectivity index (χ4v) is 2.44. The van der Waals surface area contributed by atoms with Crippen LogP contribution in [-0.2, 0) is 0 Å². The van der Waals surface area contributed by atoms with Crippen molar-refractivity contribution in [2.24, 2.45) is 5.41 Å². The lowest BCUT2D eigenvalue weighted by Gasteiger charge is -2.22. The Kier molecular flexibility index (Phi) is 3.31. The van der Waals surface area contributed by atoms with Crippen LogP contribution in [0.1, 0.15) is 19.4 Å². The molecule has 0 aromatic carbocycles. The van der Waals surface area contributed by atoms with E-state index in [1.165, 1.54) is 5.56 Å². The van der Waals surface area contributed by atoms with Gasteiger partial charge in [-0.2, -0.15) is 0 Å². The van der Waals surface area contributed by atoms with Crippen LogP contribution >= 0.6 is 11.3 Å². The molecule has 0 saturated heterocycles. The Bertz CT molecular complexity index is 521. The molecule has 2 heterocycles. The molecule has 2 N–H and O–H groups in total. The van der Waals surface area contributed by atoms with Gasteiger partial charge in [0, 0.05) is 18.6 Å². The van der Waals surface area contributed by atoms with Crippen LogP contribution in [-0.4, -0.2) is 28.2 Å². The third-order valence-corrected chi connectivity index (χ3v) is 3.79. The van der Waals surface area contributed by atoms with E-state index in [1.807, 2.05) is 20.8 Å². The number of aliphatic hydroxyl groups excluding tert-OH is 1. The molecule has 0 unspecified atom stereocenters. The van der Waals surface area contributed by atoms with Crippen molar-refractivity contribution in [1.82, 2.24) is 9.97 Å². The summed E-state index contributed by atoms with van der Waals surface area (Å²) in [6.07, 6.45) is 1.58. The van der Waals surface area contributed by atoms with E-state index in [2.05, 4.69) is 20.7 Å². The molecule has 0 saturated carbocycles. The molecule has 2 rings (SSSR count). The number of aryl methyl sites for hydroxylation is 1. The third-order valence-electron chi connectivity index (χ3n) is 2.69. The molecule has 0 radical (unpaired) electrons. The first kappa shape index (κ1) is 12.3. The van der Waals surface area contributed by atoms with Gasteiger partial charge in [-0.1, -0.05) is 13.8 Å². The summed E-state index contributed by atoms with van der Waals surface area (Å²) >= 11 is 1.65. The Morgan fingerprint density at radius 2 is 2.18 bits per heavy atom. The summed E-state index contributed by atoms with van der Waals surface area (Å²) in [6.45, 7) is 6.91. The zero-order valence-corrected chi connectivity index (χ0v) is 11.1. The molecule has 0 spiro atoms. The molecule has 0 aliphatic heterocycles. The van der Waals surface area contributed by atoms with Gasteiger partial charge in [-0.05, 0) is 17.9 Å². The van der Waals surface area contributed by atoms with Gasteiger partial charge in [0.25, 0.3) is 0 Å². The standard InChI is InChI=1S/C12H17N3OS/c1-8-4-17-10-9(8)14-7-15-11(10)13-5-12(2,3)6-16/h4,7,16H,5-6H2,1-3H3,(H,13,14,15). The van der Waals surface area contributed by atoms with E-state index in [4.69, 9.17) is 0 Å². The second-order valence-electron chi connectivity index (χ2n) is 4.99. The molecule has 0 bridgehead atoms. The fraction of sp³-hybridized carbons (Fsp3) is 0.500. The highest BCUT2D eigenvalue weighted by molar-refractivity contribution is 7.18. The quantitative estimate of drug-likeness (QED) is 0.876. The fourth-order valence-electron chi connectivity index (χ4n) is 1.47. The van der Waals surface area contributed by atoms with Crippen LogP contribution in [0.3, 0.4) is 0 Å². The summed E-state index contributed by atoms with van der Waals surface area (Å²) in [5.41, 5.74) is 2.04. The number of aliphatic hydroxyl groups is 1. The van der Waals surface area contributed by atoms with E-state index in [-0.39, 0.29) is 12.0 Å². The van der Waals surface area contributed by atoms with Crippen LogP contribution in [0.4, 0.5) is 5.82 Å². The van der Waals surface area contributed by atoms with Gasteiger partial charge in [0.05, 0.1) is 10.2 Å². The lowest BCUT2D eigenvalue weighted by Crippen LogP contribution is -2.27. The van der Waals surface area contributed by atoms with E-state index >= 15 is 0 Å². The molecule has 0 aliphatic carbocycles. The van der Waals surface area contributed by atoms with Crippen molar-refractivity contribution in [3.8, 4) is 0 Å². The predicted octanol–water partition coefficient (Wildman–Crippen LogP) is 2.43. The molecule has 2 aromatic rings. The van der Waals surface area contributed by atoms with Gasteiger partial charge in [0.2, 0.25) is 0 Å². The second-order valence-corrected chi connectivity index (χ2v) is 5.87. The number of hydrogen-bond acceptors (Lipinski definition) is 5. The van der Waals surface area contributed by atoms with Crippen molar-refractivity contribution >= 4 is 27.4 Å². The zero-order chi connectivity index (χ0) is 12.5. The first-order chi connectivity index (χ1) is 8.03. The average molecular weight is 251 g/mol. The Labute approximate surface area is 105 Å². The number of fused-ring (bicyclic) bond motifs is 1. The maximum atomic E-state index is 9.22. The molecule has 4 nitrogen and oxygen atoms in total. The number of rotatable bonds is 4. The van der Waals surface area contributed by atoms with Gasteiger partial charge in [0.1, 0.15) is 12.1 Å². The van der Waals surface area contributed by atoms with E-state index in [0.717, 1.165) is 16.0 Å². The Morgan fingerprint density at radius 1 is 1.41 bits per heavy atom. The first-order valence-electron chi connectivity index (χ1n) is 5.57. The molecule has 0 atom stereocenters. The maximum Gasteiger partial charge on any atom is 0.147 e. The Morgan fingerprint density at radius 3 is 2.88 bits per heavy atom. The number of anilines is 1. The molecule has 0 aliphatic rings. The summed E-state index contributed by atoms with van der Waals surface area (Å²) in [4.78, 5) is 8.54. The minimum atomic E-state index is -0.149. The van der Waals surface area contributed by atoms with Crippen molar-refractivity contribution in [3.05, 3.63) is 17.3 Å². The minimum absolute atomic E-state index is 0.149. The molecule has 92 valence electrons. The third kappa shape index (κ3) is 2.56. The smallest absolute Gasteiger partial charge is 0.147 e. The van der Waals surface area contributed by atoms with Crippen LogP contribution in [0, 0.1) is 12.3 Å². The van der Waals surface area contributed by atoms with Crippen molar-refractivity contribution in [2.45, 2.75) is 20.8 Å². The van der Waals surface area contributed by atoms with Gasteiger partial charge in [-0.25, -0.2) is 9.97 Å². The van der Waals surface area contributed by atoms with E-state index in [1.54, 1.807) is 17.7 Å². The van der Waals surface area contributed by atoms with E-state index in [0.29, 0.717) is 6.54 Å². The van der Waals surface area contributed by atoms with Crippen molar-refractivity contribution in [1.29, 1.82) is 0 Å². The van der Waals surface area contributed by atoms with Crippen molar-refractivity contribution < 1.29 is 5.11 Å². The monoisotopic (exact) mass is 251 g/mol. The lowest BCUT2D eigenvalue weighted by molar-refractivity contribution is 0.171. The molecule has 2 aromatic heterocycles. The average Bonchev–Trinajstić information content (AvgIpc) is 2.70. The normalized spacial score (nSPS) is 12.0. The summed E-state index contributed by atoms with van der Waals surface area (Å²) < 4.78 is 1.08. The topological polar surface area (TPSA) is 58.0 Å². The van der Waals surface area contributed by atoms with Crippen LogP contribution in [0.15, 0.2) is 11.7 Å². The summed E-state index contributed by atoms with van der Waals surface area (Å²) in [5.74, 6) is 0.856. The zero-order valence-electron chi connectivity index (χ0n) is 10.3. The number of thiophene rings is 1. The summed E-state index contributed by atoms with van der Waals surface area (Å²) in [6, 6.07) is 0. The van der Waals surface area contributed by atoms with Crippen molar-refractivity contribution in [3.63, 3.8) is 0 Å². The summed E-state index contributed by atoms with van der Waals surface area (Å²) in [5, 5.41) is 14.6. The molecular formula is C12H17N3OS. The minimum Gasteiger partial charge on any atom is -0.396 e. The SMILES string of the molecule is Cc1csc2c(NCC(C)(C)CO)ncnc12. The van der Waals surface area contributed by atoms with Gasteiger partial charge in [-0.15, -0.1) is 11.3 Å². The number of nitrogens with one attached hydrogen (secondary N) is 1. The van der Waals surface area contributed by atoms with Crippen LogP contribution < -0.4 is 5.32 Å². The highest BCUT2D eigenvalue weighted by atomic mass is 32.1. The van der Waals surface area contributed by atoms with Gasteiger partial charge in [-0.3, -0.25) is 0 Å². The number of nitrogens with zero attached hydrogens (tertiary/aromatic N) is 2. The van der Waals surface area contributed by atoms with Crippen molar-refractivity contribution in [2.75, 3.05) is 18.5 Å². The first-order valence-corrected chi connectivity index (χ1v) is 6.45. The predicted molar refractivity (Wildman–Crippen MR) is 71.5 cm³/mol. The van der Waals surface area contributed by atoms with Gasteiger partial charge < -0.3 is 10.4 Å². The molecule has 5 heteroatoms. The maximum absolute atomic E-state index is 9.22. The molecular weight excluding hydrogens is 234 g/mol. The molecule has 17 heavy (non-hydrogen) atoms.